The summed E-state index contributed by atoms with van der Waals surface area (Å²) in [4.78, 5) is 0. The number of nitrogens with one attached hydrogen (secondary N) is 1. The average molecular weight is 237 g/mol. The standard InChI is InChI=1S/C14H20FNO/c1-10-5-6-13(15)12(8-10)14(16-2)9-11-4-3-7-17-11/h5-6,8,11,14,16H,3-4,7,9H2,1-2H3. The zero-order valence-electron chi connectivity index (χ0n) is 10.5. The van der Waals surface area contributed by atoms with Gasteiger partial charge in [0, 0.05) is 18.2 Å². The molecule has 2 unspecified atom stereocenters. The van der Waals surface area contributed by atoms with Gasteiger partial charge in [0.1, 0.15) is 5.82 Å². The van der Waals surface area contributed by atoms with Crippen molar-refractivity contribution in [2.45, 2.75) is 38.3 Å². The highest BCUT2D eigenvalue weighted by atomic mass is 19.1. The molecule has 0 spiro atoms. The third-order valence-corrected chi connectivity index (χ3v) is 3.40. The molecule has 0 amide bonds. The van der Waals surface area contributed by atoms with Gasteiger partial charge >= 0.3 is 0 Å². The van der Waals surface area contributed by atoms with Gasteiger partial charge in [-0.3, -0.25) is 0 Å². The minimum atomic E-state index is -0.132. The first-order chi connectivity index (χ1) is 8.20. The predicted molar refractivity (Wildman–Crippen MR) is 66.5 cm³/mol. The Balaban J connectivity index is 2.13. The number of benzene rings is 1. The first-order valence-corrected chi connectivity index (χ1v) is 6.25. The quantitative estimate of drug-likeness (QED) is 0.869. The van der Waals surface area contributed by atoms with Crippen LogP contribution in [0.15, 0.2) is 18.2 Å². The van der Waals surface area contributed by atoms with Crippen LogP contribution in [0.4, 0.5) is 4.39 Å². The highest BCUT2D eigenvalue weighted by molar-refractivity contribution is 5.27. The molecule has 2 atom stereocenters. The normalized spacial score (nSPS) is 21.7. The zero-order chi connectivity index (χ0) is 12.3. The molecule has 1 aliphatic rings. The molecule has 0 aliphatic carbocycles. The molecule has 1 aliphatic heterocycles. The van der Waals surface area contributed by atoms with Crippen molar-refractivity contribution in [2.75, 3.05) is 13.7 Å². The lowest BCUT2D eigenvalue weighted by molar-refractivity contribution is 0.0950. The molecule has 1 N–H and O–H groups in total. The van der Waals surface area contributed by atoms with E-state index in [1.165, 1.54) is 0 Å². The van der Waals surface area contributed by atoms with Gasteiger partial charge in [-0.15, -0.1) is 0 Å². The van der Waals surface area contributed by atoms with Gasteiger partial charge in [0.2, 0.25) is 0 Å². The predicted octanol–water partition coefficient (Wildman–Crippen LogP) is 2.96. The summed E-state index contributed by atoms with van der Waals surface area (Å²) in [6, 6.07) is 5.31. The van der Waals surface area contributed by atoms with Crippen LogP contribution in [-0.4, -0.2) is 19.8 Å². The maximum absolute atomic E-state index is 13.8. The topological polar surface area (TPSA) is 21.3 Å². The van der Waals surface area contributed by atoms with Crippen molar-refractivity contribution in [2.24, 2.45) is 0 Å². The zero-order valence-corrected chi connectivity index (χ0v) is 10.5. The Morgan fingerprint density at radius 3 is 3.00 bits per heavy atom. The van der Waals surface area contributed by atoms with Crippen molar-refractivity contribution < 1.29 is 9.13 Å². The molecule has 17 heavy (non-hydrogen) atoms. The van der Waals surface area contributed by atoms with Crippen LogP contribution in [0.2, 0.25) is 0 Å². The average Bonchev–Trinajstić information content (AvgIpc) is 2.82. The third kappa shape index (κ3) is 3.05. The fourth-order valence-electron chi connectivity index (χ4n) is 2.42. The minimum absolute atomic E-state index is 0.0398. The highest BCUT2D eigenvalue weighted by Crippen LogP contribution is 2.27. The van der Waals surface area contributed by atoms with Crippen LogP contribution >= 0.6 is 0 Å². The molecule has 0 radical (unpaired) electrons. The van der Waals surface area contributed by atoms with Crippen LogP contribution in [0.1, 0.15) is 36.4 Å². The van der Waals surface area contributed by atoms with Gasteiger partial charge in [-0.05, 0) is 39.3 Å². The van der Waals surface area contributed by atoms with Crippen LogP contribution in [0.5, 0.6) is 0 Å². The summed E-state index contributed by atoms with van der Waals surface area (Å²) >= 11 is 0. The summed E-state index contributed by atoms with van der Waals surface area (Å²) in [5.74, 6) is -0.132. The first-order valence-electron chi connectivity index (χ1n) is 6.25. The molecule has 1 saturated heterocycles. The van der Waals surface area contributed by atoms with E-state index in [0.717, 1.165) is 37.0 Å². The summed E-state index contributed by atoms with van der Waals surface area (Å²) in [5.41, 5.74) is 1.84. The van der Waals surface area contributed by atoms with E-state index < -0.39 is 0 Å². The van der Waals surface area contributed by atoms with E-state index in [0.29, 0.717) is 0 Å². The van der Waals surface area contributed by atoms with Crippen molar-refractivity contribution in [3.05, 3.63) is 35.1 Å². The van der Waals surface area contributed by atoms with Gasteiger partial charge in [-0.2, -0.15) is 0 Å². The fourth-order valence-corrected chi connectivity index (χ4v) is 2.42. The lowest BCUT2D eigenvalue weighted by Gasteiger charge is -2.21. The van der Waals surface area contributed by atoms with E-state index in [1.807, 2.05) is 20.0 Å². The van der Waals surface area contributed by atoms with Gasteiger partial charge in [0.15, 0.2) is 0 Å². The molecule has 1 aromatic rings. The number of rotatable bonds is 4. The Bertz CT molecular complexity index is 374. The maximum atomic E-state index is 13.8. The molecule has 2 rings (SSSR count). The highest BCUT2D eigenvalue weighted by Gasteiger charge is 2.22. The lowest BCUT2D eigenvalue weighted by Crippen LogP contribution is -2.23. The Hall–Kier alpha value is -0.930. The van der Waals surface area contributed by atoms with E-state index in [4.69, 9.17) is 4.74 Å². The summed E-state index contributed by atoms with van der Waals surface area (Å²) < 4.78 is 19.4. The van der Waals surface area contributed by atoms with Crippen molar-refractivity contribution >= 4 is 0 Å². The Labute approximate surface area is 102 Å². The number of aryl methyl sites for hydroxylation is 1. The second-order valence-corrected chi connectivity index (χ2v) is 4.74. The molecule has 0 bridgehead atoms. The SMILES string of the molecule is CNC(CC1CCCO1)c1cc(C)ccc1F. The van der Waals surface area contributed by atoms with Gasteiger partial charge in [-0.25, -0.2) is 4.39 Å². The second kappa shape index (κ2) is 5.61. The number of ether oxygens (including phenoxy) is 1. The van der Waals surface area contributed by atoms with Gasteiger partial charge in [-0.1, -0.05) is 17.7 Å². The molecular weight excluding hydrogens is 217 g/mol. The molecule has 1 heterocycles. The molecular formula is C14H20FNO. The second-order valence-electron chi connectivity index (χ2n) is 4.74. The molecule has 2 nitrogen and oxygen atoms in total. The van der Waals surface area contributed by atoms with Crippen LogP contribution < -0.4 is 5.32 Å². The minimum Gasteiger partial charge on any atom is -0.378 e. The monoisotopic (exact) mass is 237 g/mol. The van der Waals surface area contributed by atoms with Gasteiger partial charge in [0.25, 0.3) is 0 Å². The molecule has 3 heteroatoms. The van der Waals surface area contributed by atoms with Crippen LogP contribution in [0, 0.1) is 12.7 Å². The molecule has 1 fully saturated rings. The van der Waals surface area contributed by atoms with E-state index in [9.17, 15) is 4.39 Å². The smallest absolute Gasteiger partial charge is 0.127 e. The number of hydrogen-bond donors (Lipinski definition) is 1. The van der Waals surface area contributed by atoms with Crippen LogP contribution in [-0.2, 0) is 4.74 Å². The summed E-state index contributed by atoms with van der Waals surface area (Å²) in [6.07, 6.45) is 3.33. The Morgan fingerprint density at radius 2 is 2.35 bits per heavy atom. The fraction of sp³-hybridized carbons (Fsp3) is 0.571. The molecule has 0 aromatic heterocycles. The van der Waals surface area contributed by atoms with Crippen LogP contribution in [0.25, 0.3) is 0 Å². The van der Waals surface area contributed by atoms with Gasteiger partial charge in [0.05, 0.1) is 6.10 Å². The van der Waals surface area contributed by atoms with Crippen molar-refractivity contribution in [3.8, 4) is 0 Å². The largest absolute Gasteiger partial charge is 0.378 e. The number of hydrogen-bond acceptors (Lipinski definition) is 2. The van der Waals surface area contributed by atoms with E-state index in [2.05, 4.69) is 5.32 Å². The maximum Gasteiger partial charge on any atom is 0.127 e. The summed E-state index contributed by atoms with van der Waals surface area (Å²) in [6.45, 7) is 2.83. The molecule has 1 aromatic carbocycles. The van der Waals surface area contributed by atoms with E-state index in [-0.39, 0.29) is 18.0 Å². The van der Waals surface area contributed by atoms with Crippen LogP contribution in [0.3, 0.4) is 0 Å². The Morgan fingerprint density at radius 1 is 1.53 bits per heavy atom. The summed E-state index contributed by atoms with van der Waals surface area (Å²) in [5, 5.41) is 3.19. The van der Waals surface area contributed by atoms with E-state index >= 15 is 0 Å². The first kappa shape index (κ1) is 12.5. The third-order valence-electron chi connectivity index (χ3n) is 3.40. The van der Waals surface area contributed by atoms with Crippen molar-refractivity contribution in [1.29, 1.82) is 0 Å². The van der Waals surface area contributed by atoms with Gasteiger partial charge < -0.3 is 10.1 Å². The van der Waals surface area contributed by atoms with Crippen molar-refractivity contribution in [3.63, 3.8) is 0 Å². The van der Waals surface area contributed by atoms with Crippen molar-refractivity contribution in [1.82, 2.24) is 5.32 Å². The number of halogens is 1. The lowest BCUT2D eigenvalue weighted by atomic mass is 9.97. The Kier molecular flexibility index (Phi) is 4.13. The molecule has 94 valence electrons. The summed E-state index contributed by atoms with van der Waals surface area (Å²) in [7, 11) is 1.88. The molecule has 0 saturated carbocycles. The van der Waals surface area contributed by atoms with E-state index in [1.54, 1.807) is 12.1 Å².